The molecule has 0 saturated heterocycles. The van der Waals surface area contributed by atoms with Crippen LogP contribution in [0.4, 0.5) is 0 Å². The Balaban J connectivity index is 2.54. The van der Waals surface area contributed by atoms with E-state index in [1.54, 1.807) is 26.0 Å². The molecule has 1 fully saturated rings. The van der Waals surface area contributed by atoms with Gasteiger partial charge in [-0.05, 0) is 45.7 Å². The normalized spacial score (nSPS) is 20.7. The molecule has 2 unspecified atom stereocenters. The van der Waals surface area contributed by atoms with Gasteiger partial charge in [-0.25, -0.2) is 8.42 Å². The van der Waals surface area contributed by atoms with Crippen LogP contribution < -0.4 is 4.72 Å². The molecule has 1 aliphatic rings. The molecular weight excluding hydrogens is 398 g/mol. The fourth-order valence-electron chi connectivity index (χ4n) is 3.47. The number of hydrogen-bond donors (Lipinski definition) is 1. The number of ketones is 1. The van der Waals surface area contributed by atoms with Gasteiger partial charge in [-0.15, -0.1) is 0 Å². The molecule has 8 nitrogen and oxygen atoms in total. The largest absolute Gasteiger partial charge is 0.465 e. The SMILES string of the molecule is CCOC(=O)C(NS(=O)(=O)c1ccc(C)cc1)C1(C(=O)OCC)CCCCC1=O. The Bertz CT molecular complexity index is 863. The van der Waals surface area contributed by atoms with Crippen LogP contribution in [-0.4, -0.2) is 45.4 Å². The highest BCUT2D eigenvalue weighted by Crippen LogP contribution is 2.39. The van der Waals surface area contributed by atoms with E-state index in [1.807, 2.05) is 6.92 Å². The number of Topliss-reactive ketones (excluding diaryl/α,β-unsaturated/α-hetero) is 1. The van der Waals surface area contributed by atoms with Crippen LogP contribution >= 0.6 is 0 Å². The maximum atomic E-state index is 13.0. The summed E-state index contributed by atoms with van der Waals surface area (Å²) in [6.07, 6.45) is 1.10. The highest BCUT2D eigenvalue weighted by Gasteiger charge is 2.58. The van der Waals surface area contributed by atoms with Crippen LogP contribution in [0.3, 0.4) is 0 Å². The van der Waals surface area contributed by atoms with Crippen LogP contribution in [0, 0.1) is 12.3 Å². The van der Waals surface area contributed by atoms with Gasteiger partial charge < -0.3 is 9.47 Å². The molecule has 2 atom stereocenters. The summed E-state index contributed by atoms with van der Waals surface area (Å²) in [6, 6.07) is 4.29. The van der Waals surface area contributed by atoms with Crippen LogP contribution in [-0.2, 0) is 33.9 Å². The maximum Gasteiger partial charge on any atom is 0.325 e. The molecule has 1 aromatic rings. The smallest absolute Gasteiger partial charge is 0.325 e. The van der Waals surface area contributed by atoms with E-state index < -0.39 is 39.2 Å². The molecule has 1 aliphatic carbocycles. The summed E-state index contributed by atoms with van der Waals surface area (Å²) in [6.45, 7) is 4.91. The lowest BCUT2D eigenvalue weighted by Gasteiger charge is -2.38. The fraction of sp³-hybridized carbons (Fsp3) is 0.550. The molecule has 1 aromatic carbocycles. The van der Waals surface area contributed by atoms with Crippen molar-refractivity contribution in [3.63, 3.8) is 0 Å². The quantitative estimate of drug-likeness (QED) is 0.499. The first-order valence-corrected chi connectivity index (χ1v) is 11.1. The van der Waals surface area contributed by atoms with Gasteiger partial charge in [0, 0.05) is 6.42 Å². The number of hydrogen-bond acceptors (Lipinski definition) is 7. The van der Waals surface area contributed by atoms with Crippen LogP contribution in [0.15, 0.2) is 29.2 Å². The molecule has 1 saturated carbocycles. The highest BCUT2D eigenvalue weighted by atomic mass is 32.2. The Kier molecular flexibility index (Phi) is 7.54. The molecule has 0 spiro atoms. The Labute approximate surface area is 171 Å². The molecule has 0 amide bonds. The van der Waals surface area contributed by atoms with Crippen molar-refractivity contribution in [2.24, 2.45) is 5.41 Å². The zero-order valence-electron chi connectivity index (χ0n) is 16.9. The minimum Gasteiger partial charge on any atom is -0.465 e. The molecule has 0 aliphatic heterocycles. The number of ether oxygens (including phenoxy) is 2. The van der Waals surface area contributed by atoms with Crippen molar-refractivity contribution in [2.45, 2.75) is 57.4 Å². The second kappa shape index (κ2) is 9.49. The van der Waals surface area contributed by atoms with Gasteiger partial charge in [0.15, 0.2) is 11.2 Å². The van der Waals surface area contributed by atoms with Crippen molar-refractivity contribution in [1.29, 1.82) is 0 Å². The molecule has 160 valence electrons. The molecular formula is C20H27NO7S. The number of nitrogens with one attached hydrogen (secondary N) is 1. The third-order valence-electron chi connectivity index (χ3n) is 4.98. The standard InChI is InChI=1S/C20H27NO7S/c1-4-27-18(23)17(21-29(25,26)15-11-9-14(3)10-12-15)20(19(24)28-5-2)13-7-6-8-16(20)22/h9-12,17,21H,4-8,13H2,1-3H3. The number of carbonyl (C=O) groups is 3. The van der Waals surface area contributed by atoms with Gasteiger partial charge in [-0.2, -0.15) is 4.72 Å². The fourth-order valence-corrected chi connectivity index (χ4v) is 4.71. The minimum absolute atomic E-state index is 0.00453. The summed E-state index contributed by atoms with van der Waals surface area (Å²) in [7, 11) is -4.21. The van der Waals surface area contributed by atoms with Crippen molar-refractivity contribution in [3.05, 3.63) is 29.8 Å². The first kappa shape index (κ1) is 23.0. The zero-order chi connectivity index (χ0) is 21.7. The molecule has 0 heterocycles. The Morgan fingerprint density at radius 3 is 2.28 bits per heavy atom. The van der Waals surface area contributed by atoms with E-state index in [-0.39, 0.29) is 31.0 Å². The van der Waals surface area contributed by atoms with E-state index >= 15 is 0 Å². The van der Waals surface area contributed by atoms with Gasteiger partial charge in [-0.3, -0.25) is 14.4 Å². The van der Waals surface area contributed by atoms with Gasteiger partial charge in [0.25, 0.3) is 0 Å². The third kappa shape index (κ3) is 4.84. The van der Waals surface area contributed by atoms with Crippen LogP contribution in [0.1, 0.15) is 45.1 Å². The van der Waals surface area contributed by atoms with Crippen molar-refractivity contribution in [1.82, 2.24) is 4.72 Å². The summed E-state index contributed by atoms with van der Waals surface area (Å²) in [5.41, 5.74) is -1.09. The summed E-state index contributed by atoms with van der Waals surface area (Å²) >= 11 is 0. The Morgan fingerprint density at radius 2 is 1.72 bits per heavy atom. The van der Waals surface area contributed by atoms with E-state index in [9.17, 15) is 22.8 Å². The van der Waals surface area contributed by atoms with E-state index in [4.69, 9.17) is 9.47 Å². The third-order valence-corrected chi connectivity index (χ3v) is 6.42. The van der Waals surface area contributed by atoms with Gasteiger partial charge in [0.2, 0.25) is 10.0 Å². The number of carbonyl (C=O) groups excluding carboxylic acids is 3. The molecule has 1 N–H and O–H groups in total. The average molecular weight is 426 g/mol. The number of aryl methyl sites for hydroxylation is 1. The second-order valence-electron chi connectivity index (χ2n) is 6.94. The van der Waals surface area contributed by atoms with Crippen molar-refractivity contribution in [2.75, 3.05) is 13.2 Å². The number of esters is 2. The Hall–Kier alpha value is -2.26. The lowest BCUT2D eigenvalue weighted by molar-refractivity contribution is -0.171. The molecule has 0 radical (unpaired) electrons. The predicted molar refractivity (Wildman–Crippen MR) is 104 cm³/mol. The summed E-state index contributed by atoms with van der Waals surface area (Å²) in [5, 5.41) is 0. The monoisotopic (exact) mass is 425 g/mol. The van der Waals surface area contributed by atoms with Crippen LogP contribution in [0.25, 0.3) is 0 Å². The van der Waals surface area contributed by atoms with Crippen LogP contribution in [0.2, 0.25) is 0 Å². The maximum absolute atomic E-state index is 13.0. The molecule has 0 bridgehead atoms. The van der Waals surface area contributed by atoms with E-state index in [0.717, 1.165) is 5.56 Å². The van der Waals surface area contributed by atoms with Gasteiger partial charge >= 0.3 is 11.9 Å². The second-order valence-corrected chi connectivity index (χ2v) is 8.66. The Morgan fingerprint density at radius 1 is 1.10 bits per heavy atom. The highest BCUT2D eigenvalue weighted by molar-refractivity contribution is 7.89. The van der Waals surface area contributed by atoms with Crippen molar-refractivity contribution >= 4 is 27.7 Å². The number of sulfonamides is 1. The minimum atomic E-state index is -4.21. The van der Waals surface area contributed by atoms with E-state index in [1.165, 1.54) is 12.1 Å². The summed E-state index contributed by atoms with van der Waals surface area (Å²) in [4.78, 5) is 38.4. The van der Waals surface area contributed by atoms with E-state index in [0.29, 0.717) is 12.8 Å². The van der Waals surface area contributed by atoms with Crippen molar-refractivity contribution in [3.8, 4) is 0 Å². The van der Waals surface area contributed by atoms with Crippen LogP contribution in [0.5, 0.6) is 0 Å². The molecule has 2 rings (SSSR count). The van der Waals surface area contributed by atoms with Crippen molar-refractivity contribution < 1.29 is 32.3 Å². The molecule has 9 heteroatoms. The number of rotatable bonds is 8. The average Bonchev–Trinajstić information content (AvgIpc) is 2.67. The predicted octanol–water partition coefficient (Wildman–Crippen LogP) is 1.90. The summed E-state index contributed by atoms with van der Waals surface area (Å²) in [5.74, 6) is -2.41. The molecule has 29 heavy (non-hydrogen) atoms. The zero-order valence-corrected chi connectivity index (χ0v) is 17.7. The van der Waals surface area contributed by atoms with Gasteiger partial charge in [0.05, 0.1) is 18.1 Å². The first-order chi connectivity index (χ1) is 13.7. The lowest BCUT2D eigenvalue weighted by atomic mass is 9.68. The lowest BCUT2D eigenvalue weighted by Crippen LogP contribution is -2.61. The number of benzene rings is 1. The summed E-state index contributed by atoms with van der Waals surface area (Å²) < 4.78 is 38.3. The first-order valence-electron chi connectivity index (χ1n) is 9.65. The van der Waals surface area contributed by atoms with Gasteiger partial charge in [0.1, 0.15) is 6.04 Å². The van der Waals surface area contributed by atoms with Gasteiger partial charge in [-0.1, -0.05) is 24.1 Å². The molecule has 0 aromatic heterocycles. The van der Waals surface area contributed by atoms with E-state index in [2.05, 4.69) is 4.72 Å². The topological polar surface area (TPSA) is 116 Å².